The number of primary sulfonamides is 1. The molecule has 3 rings (SSSR count). The van der Waals surface area contributed by atoms with E-state index in [0.717, 1.165) is 4.90 Å². The van der Waals surface area contributed by atoms with E-state index < -0.39 is 27.9 Å². The third kappa shape index (κ3) is 5.57. The van der Waals surface area contributed by atoms with Crippen molar-refractivity contribution in [3.05, 3.63) is 54.2 Å². The molecule has 0 amide bonds. The summed E-state index contributed by atoms with van der Waals surface area (Å²) in [5.74, 6) is -0.870. The second kappa shape index (κ2) is 9.57. The Morgan fingerprint density at radius 1 is 1.09 bits per heavy atom. The zero-order chi connectivity index (χ0) is 24.4. The van der Waals surface area contributed by atoms with Crippen LogP contribution in [0.2, 0.25) is 0 Å². The summed E-state index contributed by atoms with van der Waals surface area (Å²) in [5.41, 5.74) is -1.31. The summed E-state index contributed by atoms with van der Waals surface area (Å²) >= 11 is 1.42. The Morgan fingerprint density at radius 3 is 2.15 bits per heavy atom. The zero-order valence-electron chi connectivity index (χ0n) is 17.6. The van der Waals surface area contributed by atoms with Crippen LogP contribution in [0.1, 0.15) is 25.5 Å². The van der Waals surface area contributed by atoms with Crippen molar-refractivity contribution < 1.29 is 31.2 Å². The lowest BCUT2D eigenvalue weighted by atomic mass is 9.98. The van der Waals surface area contributed by atoms with E-state index in [2.05, 4.69) is 5.10 Å². The minimum Gasteiger partial charge on any atom is -0.319 e. The third-order valence-electron chi connectivity index (χ3n) is 4.60. The number of nitrogens with zero attached hydrogens (tertiary/aromatic N) is 2. The molecule has 2 aromatic carbocycles. The molecule has 0 saturated carbocycles. The fourth-order valence-corrected chi connectivity index (χ4v) is 4.02. The molecule has 176 valence electrons. The first-order chi connectivity index (χ1) is 15.5. The van der Waals surface area contributed by atoms with Gasteiger partial charge in [0.15, 0.2) is 5.69 Å². The summed E-state index contributed by atoms with van der Waals surface area (Å²) in [6.07, 6.45) is -2.79. The van der Waals surface area contributed by atoms with Crippen LogP contribution >= 0.6 is 11.8 Å². The number of benzene rings is 2. The maximum Gasteiger partial charge on any atom is 0.437 e. The highest BCUT2D eigenvalue weighted by atomic mass is 32.2. The Hall–Kier alpha value is -2.83. The van der Waals surface area contributed by atoms with Gasteiger partial charge < -0.3 is 4.84 Å². The van der Waals surface area contributed by atoms with E-state index >= 15 is 0 Å². The minimum absolute atomic E-state index is 0.0900. The van der Waals surface area contributed by atoms with E-state index in [0.29, 0.717) is 6.42 Å². The van der Waals surface area contributed by atoms with E-state index in [-0.39, 0.29) is 38.5 Å². The number of aromatic nitrogens is 2. The lowest BCUT2D eigenvalue weighted by molar-refractivity contribution is -0.162. The number of sulfonamides is 1. The van der Waals surface area contributed by atoms with Crippen LogP contribution in [0.25, 0.3) is 22.4 Å². The van der Waals surface area contributed by atoms with Gasteiger partial charge in [0.2, 0.25) is 10.0 Å². The number of halogens is 3. The molecule has 0 saturated heterocycles. The van der Waals surface area contributed by atoms with Crippen molar-refractivity contribution in [2.24, 2.45) is 5.14 Å². The number of hydrogen-bond donors (Lipinski definition) is 1. The summed E-state index contributed by atoms with van der Waals surface area (Å²) in [7, 11) is -4.00. The van der Waals surface area contributed by atoms with Gasteiger partial charge in [-0.05, 0) is 42.5 Å². The average Bonchev–Trinajstić information content (AvgIpc) is 3.13. The molecule has 0 aliphatic heterocycles. The predicted molar refractivity (Wildman–Crippen MR) is 118 cm³/mol. The highest BCUT2D eigenvalue weighted by molar-refractivity contribution is 7.98. The highest BCUT2D eigenvalue weighted by Gasteiger charge is 2.42. The van der Waals surface area contributed by atoms with Gasteiger partial charge in [0.1, 0.15) is 5.69 Å². The van der Waals surface area contributed by atoms with Crippen LogP contribution in [0, 0.1) is 0 Å². The van der Waals surface area contributed by atoms with E-state index in [1.165, 1.54) is 48.2 Å². The van der Waals surface area contributed by atoms with Crippen molar-refractivity contribution in [3.8, 4) is 22.4 Å². The van der Waals surface area contributed by atoms with Gasteiger partial charge in [-0.15, -0.1) is 16.9 Å². The summed E-state index contributed by atoms with van der Waals surface area (Å²) in [4.78, 5) is 17.7. The molecule has 0 aliphatic carbocycles. The number of hydrogen-bond acceptors (Lipinski definition) is 6. The molecule has 0 spiro atoms. The fourth-order valence-electron chi connectivity index (χ4n) is 3.10. The van der Waals surface area contributed by atoms with E-state index in [1.54, 1.807) is 19.1 Å². The molecule has 1 heterocycles. The van der Waals surface area contributed by atoms with Crippen molar-refractivity contribution in [2.75, 3.05) is 6.26 Å². The summed E-state index contributed by atoms with van der Waals surface area (Å²) in [6.45, 7) is 1.69. The number of thioether (sulfide) groups is 1. The Balaban J connectivity index is 2.28. The quantitative estimate of drug-likeness (QED) is 0.485. The molecular formula is C21H20F3N3O4S2. The number of alkyl halides is 3. The molecule has 0 fully saturated rings. The van der Waals surface area contributed by atoms with Crippen LogP contribution in [0.3, 0.4) is 0 Å². The second-order valence-electron chi connectivity index (χ2n) is 6.95. The van der Waals surface area contributed by atoms with Crippen LogP contribution < -0.4 is 9.98 Å². The van der Waals surface area contributed by atoms with Crippen molar-refractivity contribution in [2.45, 2.75) is 35.7 Å². The largest absolute Gasteiger partial charge is 0.437 e. The molecule has 3 aromatic rings. The lowest BCUT2D eigenvalue weighted by Gasteiger charge is -2.12. The molecule has 0 unspecified atom stereocenters. The Labute approximate surface area is 192 Å². The van der Waals surface area contributed by atoms with Gasteiger partial charge in [-0.2, -0.15) is 13.2 Å². The molecule has 0 atom stereocenters. The first-order valence-corrected chi connectivity index (χ1v) is 12.4. The average molecular weight is 500 g/mol. The number of carbonyl (C=O) groups is 1. The number of carbonyl (C=O) groups excluding carboxylic acids is 1. The number of nitrogens with two attached hydrogens (primary N) is 1. The van der Waals surface area contributed by atoms with E-state index in [9.17, 15) is 26.4 Å². The van der Waals surface area contributed by atoms with Gasteiger partial charge in [0.05, 0.1) is 4.90 Å². The lowest BCUT2D eigenvalue weighted by Crippen LogP contribution is -2.26. The third-order valence-corrected chi connectivity index (χ3v) is 6.27. The molecule has 0 radical (unpaired) electrons. The number of rotatable bonds is 7. The molecular weight excluding hydrogens is 479 g/mol. The van der Waals surface area contributed by atoms with Gasteiger partial charge in [0, 0.05) is 22.4 Å². The topological polar surface area (TPSA) is 104 Å². The van der Waals surface area contributed by atoms with E-state index in [4.69, 9.17) is 9.98 Å². The van der Waals surface area contributed by atoms with Crippen molar-refractivity contribution in [1.29, 1.82) is 0 Å². The molecule has 33 heavy (non-hydrogen) atoms. The normalized spacial score (nSPS) is 12.1. The molecule has 7 nitrogen and oxygen atoms in total. The first-order valence-electron chi connectivity index (χ1n) is 9.64. The maximum absolute atomic E-state index is 14.2. The summed E-state index contributed by atoms with van der Waals surface area (Å²) in [5, 5.41) is 9.05. The smallest absolute Gasteiger partial charge is 0.319 e. The molecule has 12 heteroatoms. The monoisotopic (exact) mass is 499 g/mol. The van der Waals surface area contributed by atoms with Gasteiger partial charge in [-0.25, -0.2) is 18.4 Å². The highest BCUT2D eigenvalue weighted by Crippen LogP contribution is 2.42. The van der Waals surface area contributed by atoms with Crippen LogP contribution in [0.15, 0.2) is 58.3 Å². The Kier molecular flexibility index (Phi) is 7.20. The van der Waals surface area contributed by atoms with Crippen molar-refractivity contribution >= 4 is 27.8 Å². The molecule has 2 N–H and O–H groups in total. The van der Waals surface area contributed by atoms with E-state index in [1.807, 2.05) is 6.26 Å². The first kappa shape index (κ1) is 24.8. The maximum atomic E-state index is 14.2. The Morgan fingerprint density at radius 2 is 1.67 bits per heavy atom. The SMILES string of the molecule is CCCC(=O)On1nc(-c2ccc(S(N)(=O)=O)cc2)c(-c2ccc(SC)cc2)c1C(F)(F)F. The van der Waals surface area contributed by atoms with Gasteiger partial charge >= 0.3 is 12.1 Å². The standard InChI is InChI=1S/C21H20F3N3O4S2/c1-3-4-17(28)31-27-20(21(22,23)24)18(13-5-9-15(32-2)10-6-13)19(26-27)14-7-11-16(12-8-14)33(25,29)30/h5-12H,3-4H2,1-2H3,(H2,25,29,30). The van der Waals surface area contributed by atoms with Gasteiger partial charge in [-0.3, -0.25) is 0 Å². The fraction of sp³-hybridized carbons (Fsp3) is 0.238. The van der Waals surface area contributed by atoms with Crippen LogP contribution in [0.4, 0.5) is 13.2 Å². The van der Waals surface area contributed by atoms with Gasteiger partial charge in [0.25, 0.3) is 0 Å². The summed E-state index contributed by atoms with van der Waals surface area (Å²) < 4.78 is 65.6. The second-order valence-corrected chi connectivity index (χ2v) is 9.40. The zero-order valence-corrected chi connectivity index (χ0v) is 19.2. The molecule has 0 aliphatic rings. The van der Waals surface area contributed by atoms with Crippen LogP contribution in [-0.2, 0) is 21.0 Å². The van der Waals surface area contributed by atoms with Crippen molar-refractivity contribution in [1.82, 2.24) is 9.94 Å². The molecule has 0 bridgehead atoms. The van der Waals surface area contributed by atoms with Gasteiger partial charge in [-0.1, -0.05) is 36.0 Å². The Bertz CT molecular complexity index is 1250. The minimum atomic E-state index is -4.91. The summed E-state index contributed by atoms with van der Waals surface area (Å²) in [6, 6.07) is 11.3. The van der Waals surface area contributed by atoms with Crippen LogP contribution in [0.5, 0.6) is 0 Å². The predicted octanol–water partition coefficient (Wildman–Crippen LogP) is 4.36. The van der Waals surface area contributed by atoms with Crippen molar-refractivity contribution in [3.63, 3.8) is 0 Å². The molecule has 1 aromatic heterocycles. The van der Waals surface area contributed by atoms with Crippen LogP contribution in [-0.4, -0.2) is 30.6 Å².